The Hall–Kier alpha value is -2.53. The van der Waals surface area contributed by atoms with Gasteiger partial charge in [0.2, 0.25) is 0 Å². The summed E-state index contributed by atoms with van der Waals surface area (Å²) in [6.45, 7) is 1.60. The van der Waals surface area contributed by atoms with E-state index in [0.29, 0.717) is 0 Å². The third kappa shape index (κ3) is 5.46. The lowest BCUT2D eigenvalue weighted by Gasteiger charge is -2.09. The van der Waals surface area contributed by atoms with Crippen LogP contribution in [0.15, 0.2) is 54.6 Å². The highest BCUT2D eigenvalue weighted by Gasteiger charge is 2.02. The maximum absolute atomic E-state index is 11.9. The average molecular weight is 299 g/mol. The molecule has 5 nitrogen and oxygen atoms in total. The van der Waals surface area contributed by atoms with E-state index in [-0.39, 0.29) is 6.03 Å². The van der Waals surface area contributed by atoms with Crippen molar-refractivity contribution in [3.63, 3.8) is 0 Å². The molecule has 0 atom stereocenters. The quantitative estimate of drug-likeness (QED) is 0.682. The van der Waals surface area contributed by atoms with E-state index in [2.05, 4.69) is 16.0 Å². The van der Waals surface area contributed by atoms with Crippen LogP contribution in [0.1, 0.15) is 6.42 Å². The van der Waals surface area contributed by atoms with Crippen molar-refractivity contribution < 1.29 is 9.53 Å². The predicted octanol–water partition coefficient (Wildman–Crippen LogP) is 3.78. The van der Waals surface area contributed by atoms with E-state index < -0.39 is 0 Å². The van der Waals surface area contributed by atoms with E-state index in [4.69, 9.17) is 4.74 Å². The summed E-state index contributed by atoms with van der Waals surface area (Å²) in [7, 11) is 1.70. The number of urea groups is 1. The summed E-state index contributed by atoms with van der Waals surface area (Å²) in [6, 6.07) is 16.7. The summed E-state index contributed by atoms with van der Waals surface area (Å²) in [5, 5.41) is 8.86. The van der Waals surface area contributed by atoms with E-state index in [1.807, 2.05) is 54.6 Å². The van der Waals surface area contributed by atoms with Crippen LogP contribution >= 0.6 is 0 Å². The summed E-state index contributed by atoms with van der Waals surface area (Å²) < 4.78 is 5.00. The first kappa shape index (κ1) is 15.9. The molecule has 116 valence electrons. The minimum Gasteiger partial charge on any atom is -0.385 e. The Labute approximate surface area is 130 Å². The van der Waals surface area contributed by atoms with Gasteiger partial charge in [-0.05, 0) is 42.8 Å². The number of nitrogens with one attached hydrogen (secondary N) is 3. The summed E-state index contributed by atoms with van der Waals surface area (Å²) in [4.78, 5) is 11.9. The summed E-state index contributed by atoms with van der Waals surface area (Å²) in [5.41, 5.74) is 2.53. The molecule has 2 aromatic rings. The van der Waals surface area contributed by atoms with Crippen molar-refractivity contribution in [2.45, 2.75) is 6.42 Å². The topological polar surface area (TPSA) is 62.4 Å². The van der Waals surface area contributed by atoms with Gasteiger partial charge in [0.1, 0.15) is 0 Å². The van der Waals surface area contributed by atoms with Crippen molar-refractivity contribution in [3.8, 4) is 0 Å². The first-order valence-corrected chi connectivity index (χ1v) is 7.24. The maximum atomic E-state index is 11.9. The highest BCUT2D eigenvalue weighted by molar-refractivity contribution is 5.99. The Kier molecular flexibility index (Phi) is 6.26. The van der Waals surface area contributed by atoms with Gasteiger partial charge in [-0.1, -0.05) is 18.2 Å². The number of hydrogen-bond donors (Lipinski definition) is 3. The van der Waals surface area contributed by atoms with E-state index in [1.54, 1.807) is 7.11 Å². The first-order valence-electron chi connectivity index (χ1n) is 7.24. The molecular weight excluding hydrogens is 278 g/mol. The molecule has 0 saturated heterocycles. The third-order valence-corrected chi connectivity index (χ3v) is 3.03. The number of amides is 2. The van der Waals surface area contributed by atoms with Crippen LogP contribution in [0.25, 0.3) is 0 Å². The van der Waals surface area contributed by atoms with Crippen molar-refractivity contribution in [1.82, 2.24) is 0 Å². The Balaban J connectivity index is 1.79. The molecule has 0 heterocycles. The fourth-order valence-electron chi connectivity index (χ4n) is 1.94. The van der Waals surface area contributed by atoms with Crippen molar-refractivity contribution in [2.24, 2.45) is 0 Å². The molecule has 0 aliphatic rings. The van der Waals surface area contributed by atoms with E-state index >= 15 is 0 Å². The van der Waals surface area contributed by atoms with Crippen LogP contribution in [0.4, 0.5) is 21.9 Å². The normalized spacial score (nSPS) is 10.0. The van der Waals surface area contributed by atoms with Gasteiger partial charge in [0.15, 0.2) is 0 Å². The molecule has 0 bridgehead atoms. The number of carbonyl (C=O) groups excluding carboxylic acids is 1. The monoisotopic (exact) mass is 299 g/mol. The van der Waals surface area contributed by atoms with Gasteiger partial charge in [-0.3, -0.25) is 0 Å². The predicted molar refractivity (Wildman–Crippen MR) is 90.5 cm³/mol. The molecule has 2 amide bonds. The second-order valence-corrected chi connectivity index (χ2v) is 4.80. The zero-order valence-electron chi connectivity index (χ0n) is 12.6. The van der Waals surface area contributed by atoms with Gasteiger partial charge in [-0.25, -0.2) is 4.79 Å². The van der Waals surface area contributed by atoms with Gasteiger partial charge < -0.3 is 20.7 Å². The number of rotatable bonds is 7. The van der Waals surface area contributed by atoms with Crippen molar-refractivity contribution in [3.05, 3.63) is 54.6 Å². The second-order valence-electron chi connectivity index (χ2n) is 4.80. The first-order chi connectivity index (χ1) is 10.8. The molecule has 0 radical (unpaired) electrons. The second kappa shape index (κ2) is 8.69. The minimum absolute atomic E-state index is 0.257. The molecule has 2 rings (SSSR count). The zero-order valence-corrected chi connectivity index (χ0v) is 12.6. The highest BCUT2D eigenvalue weighted by atomic mass is 16.5. The lowest BCUT2D eigenvalue weighted by atomic mass is 10.2. The molecule has 5 heteroatoms. The van der Waals surface area contributed by atoms with Gasteiger partial charge in [0, 0.05) is 37.3 Å². The maximum Gasteiger partial charge on any atom is 0.323 e. The zero-order chi connectivity index (χ0) is 15.6. The molecule has 0 aliphatic carbocycles. The van der Waals surface area contributed by atoms with Crippen molar-refractivity contribution in [1.29, 1.82) is 0 Å². The van der Waals surface area contributed by atoms with Crippen LogP contribution in [-0.4, -0.2) is 26.3 Å². The Morgan fingerprint density at radius 3 is 2.14 bits per heavy atom. The lowest BCUT2D eigenvalue weighted by Crippen LogP contribution is -2.19. The molecule has 0 unspecified atom stereocenters. The molecule has 22 heavy (non-hydrogen) atoms. The van der Waals surface area contributed by atoms with E-state index in [9.17, 15) is 4.79 Å². The summed E-state index contributed by atoms with van der Waals surface area (Å²) in [6.07, 6.45) is 0.954. The number of anilines is 3. The van der Waals surface area contributed by atoms with Crippen LogP contribution in [0, 0.1) is 0 Å². The molecule has 0 spiro atoms. The number of methoxy groups -OCH3 is 1. The highest BCUT2D eigenvalue weighted by Crippen LogP contribution is 2.14. The van der Waals surface area contributed by atoms with Gasteiger partial charge in [0.25, 0.3) is 0 Å². The minimum atomic E-state index is -0.257. The standard InChI is InChI=1S/C17H21N3O2/c1-22-13-5-12-18-14-8-10-16(11-9-14)20-17(21)19-15-6-3-2-4-7-15/h2-4,6-11,18H,5,12-13H2,1H3,(H2,19,20,21). The SMILES string of the molecule is COCCCNc1ccc(NC(=O)Nc2ccccc2)cc1. The molecule has 0 aromatic heterocycles. The number of carbonyl (C=O) groups is 1. The number of benzene rings is 2. The van der Waals surface area contributed by atoms with Gasteiger partial charge in [0.05, 0.1) is 0 Å². The Bertz CT molecular complexity index is 570. The van der Waals surface area contributed by atoms with Crippen LogP contribution < -0.4 is 16.0 Å². The number of hydrogen-bond acceptors (Lipinski definition) is 3. The number of ether oxygens (including phenoxy) is 1. The molecule has 0 aliphatic heterocycles. The van der Waals surface area contributed by atoms with Crippen LogP contribution in [-0.2, 0) is 4.74 Å². The fourth-order valence-corrected chi connectivity index (χ4v) is 1.94. The van der Waals surface area contributed by atoms with Gasteiger partial charge >= 0.3 is 6.03 Å². The lowest BCUT2D eigenvalue weighted by molar-refractivity contribution is 0.198. The van der Waals surface area contributed by atoms with Crippen LogP contribution in [0.3, 0.4) is 0 Å². The molecule has 2 aromatic carbocycles. The molecule has 3 N–H and O–H groups in total. The third-order valence-electron chi connectivity index (χ3n) is 3.03. The largest absolute Gasteiger partial charge is 0.385 e. The van der Waals surface area contributed by atoms with Crippen molar-refractivity contribution >= 4 is 23.1 Å². The van der Waals surface area contributed by atoms with Gasteiger partial charge in [-0.15, -0.1) is 0 Å². The van der Waals surface area contributed by atoms with E-state index in [0.717, 1.165) is 36.6 Å². The summed E-state index contributed by atoms with van der Waals surface area (Å²) in [5.74, 6) is 0. The smallest absolute Gasteiger partial charge is 0.323 e. The number of para-hydroxylation sites is 1. The van der Waals surface area contributed by atoms with Gasteiger partial charge in [-0.2, -0.15) is 0 Å². The Morgan fingerprint density at radius 1 is 0.909 bits per heavy atom. The molecular formula is C17H21N3O2. The van der Waals surface area contributed by atoms with Crippen molar-refractivity contribution in [2.75, 3.05) is 36.2 Å². The molecule has 0 fully saturated rings. The molecule has 0 saturated carbocycles. The summed E-state index contributed by atoms with van der Waals surface area (Å²) >= 11 is 0. The van der Waals surface area contributed by atoms with E-state index in [1.165, 1.54) is 0 Å². The Morgan fingerprint density at radius 2 is 1.50 bits per heavy atom. The van der Waals surface area contributed by atoms with Crippen LogP contribution in [0.5, 0.6) is 0 Å². The fraction of sp³-hybridized carbons (Fsp3) is 0.235. The average Bonchev–Trinajstić information content (AvgIpc) is 2.54. The van der Waals surface area contributed by atoms with Crippen LogP contribution in [0.2, 0.25) is 0 Å².